The van der Waals surface area contributed by atoms with Crippen LogP contribution in [-0.4, -0.2) is 28.4 Å². The van der Waals surface area contributed by atoms with Gasteiger partial charge in [-0.05, 0) is 49.2 Å². The van der Waals surface area contributed by atoms with Gasteiger partial charge in [-0.1, -0.05) is 17.4 Å². The summed E-state index contributed by atoms with van der Waals surface area (Å²) in [4.78, 5) is 32.0. The zero-order valence-electron chi connectivity index (χ0n) is 15.6. The van der Waals surface area contributed by atoms with Crippen molar-refractivity contribution in [1.82, 2.24) is 9.88 Å². The fourth-order valence-corrected chi connectivity index (χ4v) is 4.03. The van der Waals surface area contributed by atoms with E-state index >= 15 is 0 Å². The molecule has 8 heteroatoms. The van der Waals surface area contributed by atoms with Gasteiger partial charge in [0.1, 0.15) is 0 Å². The highest BCUT2D eigenvalue weighted by molar-refractivity contribution is 7.15. The molecule has 0 bridgehead atoms. The highest BCUT2D eigenvalue weighted by Gasteiger charge is 2.25. The summed E-state index contributed by atoms with van der Waals surface area (Å²) in [6.07, 6.45) is 2.11. The van der Waals surface area contributed by atoms with Crippen molar-refractivity contribution in [2.45, 2.75) is 26.8 Å². The van der Waals surface area contributed by atoms with Gasteiger partial charge in [-0.15, -0.1) is 0 Å². The van der Waals surface area contributed by atoms with Crippen molar-refractivity contribution in [3.8, 4) is 0 Å². The maximum Gasteiger partial charge on any atom is 0.322 e. The summed E-state index contributed by atoms with van der Waals surface area (Å²) < 4.78 is 5.09. The number of carbonyl (C=O) groups is 2. The van der Waals surface area contributed by atoms with Crippen LogP contribution in [0, 0.1) is 13.8 Å². The van der Waals surface area contributed by atoms with E-state index in [1.807, 2.05) is 32.0 Å². The van der Waals surface area contributed by atoms with E-state index < -0.39 is 0 Å². The average Bonchev–Trinajstić information content (AvgIpc) is 3.33. The number of thiazole rings is 1. The summed E-state index contributed by atoms with van der Waals surface area (Å²) in [5.74, 6) is -0.0944. The van der Waals surface area contributed by atoms with E-state index in [0.29, 0.717) is 24.6 Å². The molecule has 7 nitrogen and oxygen atoms in total. The number of nitrogens with one attached hydrogen (secondary N) is 2. The highest BCUT2D eigenvalue weighted by Crippen LogP contribution is 2.29. The zero-order valence-corrected chi connectivity index (χ0v) is 16.4. The van der Waals surface area contributed by atoms with Crippen LogP contribution in [0.5, 0.6) is 0 Å². The largest absolute Gasteiger partial charge is 0.459 e. The number of amides is 3. The first-order valence-corrected chi connectivity index (χ1v) is 9.78. The van der Waals surface area contributed by atoms with Crippen molar-refractivity contribution in [2.75, 3.05) is 17.2 Å². The smallest absolute Gasteiger partial charge is 0.322 e. The maximum absolute atomic E-state index is 12.6. The van der Waals surface area contributed by atoms with Gasteiger partial charge in [-0.25, -0.2) is 9.78 Å². The summed E-state index contributed by atoms with van der Waals surface area (Å²) in [6, 6.07) is 9.00. The van der Waals surface area contributed by atoms with Gasteiger partial charge < -0.3 is 14.6 Å². The van der Waals surface area contributed by atoms with Crippen molar-refractivity contribution in [1.29, 1.82) is 0 Å². The second-order valence-corrected chi connectivity index (χ2v) is 7.80. The van der Waals surface area contributed by atoms with Gasteiger partial charge in [-0.2, -0.15) is 0 Å². The Bertz CT molecular complexity index is 1030. The van der Waals surface area contributed by atoms with Gasteiger partial charge in [0.25, 0.3) is 5.91 Å². The Hall–Kier alpha value is -3.13. The van der Waals surface area contributed by atoms with E-state index in [4.69, 9.17) is 4.42 Å². The summed E-state index contributed by atoms with van der Waals surface area (Å²) in [5, 5.41) is 6.23. The van der Waals surface area contributed by atoms with Crippen LogP contribution >= 0.6 is 11.3 Å². The number of aromatic nitrogens is 1. The van der Waals surface area contributed by atoms with Crippen molar-refractivity contribution >= 4 is 34.1 Å². The molecule has 1 aliphatic heterocycles. The normalized spacial score (nSPS) is 13.1. The standard InChI is InChI=1S/C20H20N4O3S/c1-12-5-6-14(10-13(12)2)21-20(26)24-8-7-15-17(11-24)28-19(22-15)23-18(25)16-4-3-9-27-16/h3-6,9-10H,7-8,11H2,1-2H3,(H,21,26)(H,22,23,25). The molecule has 0 atom stereocenters. The van der Waals surface area contributed by atoms with Crippen LogP contribution in [-0.2, 0) is 13.0 Å². The van der Waals surface area contributed by atoms with Crippen LogP contribution in [0.15, 0.2) is 41.0 Å². The SMILES string of the molecule is Cc1ccc(NC(=O)N2CCc3nc(NC(=O)c4ccco4)sc3C2)cc1C. The van der Waals surface area contributed by atoms with Crippen molar-refractivity contribution < 1.29 is 14.0 Å². The number of anilines is 2. The lowest BCUT2D eigenvalue weighted by Gasteiger charge is -2.26. The molecular formula is C20H20N4O3S. The number of hydrogen-bond acceptors (Lipinski definition) is 5. The number of aryl methyl sites for hydroxylation is 2. The van der Waals surface area contributed by atoms with E-state index in [-0.39, 0.29) is 17.7 Å². The van der Waals surface area contributed by atoms with Gasteiger partial charge in [0.05, 0.1) is 18.5 Å². The Kier molecular flexibility index (Phi) is 4.87. The number of benzene rings is 1. The molecule has 0 aliphatic carbocycles. The highest BCUT2D eigenvalue weighted by atomic mass is 32.1. The molecule has 0 saturated carbocycles. The molecule has 3 heterocycles. The van der Waals surface area contributed by atoms with E-state index in [1.54, 1.807) is 17.0 Å². The molecule has 144 valence electrons. The predicted molar refractivity (Wildman–Crippen MR) is 108 cm³/mol. The molecule has 0 spiro atoms. The minimum atomic E-state index is -0.333. The first-order chi connectivity index (χ1) is 13.5. The molecule has 0 unspecified atom stereocenters. The van der Waals surface area contributed by atoms with Crippen molar-refractivity contribution in [3.63, 3.8) is 0 Å². The molecule has 28 heavy (non-hydrogen) atoms. The number of furan rings is 1. The number of fused-ring (bicyclic) bond motifs is 1. The lowest BCUT2D eigenvalue weighted by Crippen LogP contribution is -2.38. The van der Waals surface area contributed by atoms with Crippen LogP contribution in [0.4, 0.5) is 15.6 Å². The molecule has 0 radical (unpaired) electrons. The summed E-state index contributed by atoms with van der Waals surface area (Å²) in [5.41, 5.74) is 4.04. The number of rotatable bonds is 3. The van der Waals surface area contributed by atoms with Gasteiger partial charge in [0.15, 0.2) is 10.9 Å². The number of urea groups is 1. The Morgan fingerprint density at radius 3 is 2.79 bits per heavy atom. The van der Waals surface area contributed by atoms with Crippen LogP contribution < -0.4 is 10.6 Å². The summed E-state index contributed by atoms with van der Waals surface area (Å²) >= 11 is 1.39. The third-order valence-corrected chi connectivity index (χ3v) is 5.74. The Balaban J connectivity index is 1.41. The van der Waals surface area contributed by atoms with Crippen molar-refractivity contribution in [2.24, 2.45) is 0 Å². The Labute approximate surface area is 166 Å². The average molecular weight is 396 g/mol. The molecular weight excluding hydrogens is 376 g/mol. The second kappa shape index (κ2) is 7.47. The third-order valence-electron chi connectivity index (χ3n) is 4.74. The zero-order chi connectivity index (χ0) is 19.7. The third kappa shape index (κ3) is 3.77. The first kappa shape index (κ1) is 18.2. The lowest BCUT2D eigenvalue weighted by atomic mass is 10.1. The van der Waals surface area contributed by atoms with E-state index in [1.165, 1.54) is 23.2 Å². The molecule has 4 rings (SSSR count). The van der Waals surface area contributed by atoms with Gasteiger partial charge in [-0.3, -0.25) is 10.1 Å². The van der Waals surface area contributed by atoms with Crippen molar-refractivity contribution in [3.05, 3.63) is 64.1 Å². The summed E-state index contributed by atoms with van der Waals surface area (Å²) in [6.45, 7) is 5.12. The fraction of sp³-hybridized carbons (Fsp3) is 0.250. The monoisotopic (exact) mass is 396 g/mol. The first-order valence-electron chi connectivity index (χ1n) is 8.96. The predicted octanol–water partition coefficient (Wildman–Crippen LogP) is 4.20. The minimum Gasteiger partial charge on any atom is -0.459 e. The summed E-state index contributed by atoms with van der Waals surface area (Å²) in [7, 11) is 0. The number of carbonyl (C=O) groups excluding carboxylic acids is 2. The van der Waals surface area contributed by atoms with Crippen LogP contribution in [0.1, 0.15) is 32.3 Å². The molecule has 2 N–H and O–H groups in total. The van der Waals surface area contributed by atoms with E-state index in [9.17, 15) is 9.59 Å². The number of nitrogens with zero attached hydrogens (tertiary/aromatic N) is 2. The van der Waals surface area contributed by atoms with Crippen LogP contribution in [0.2, 0.25) is 0 Å². The molecule has 3 aromatic rings. The molecule has 1 aliphatic rings. The molecule has 0 saturated heterocycles. The second-order valence-electron chi connectivity index (χ2n) is 6.72. The Morgan fingerprint density at radius 2 is 2.04 bits per heavy atom. The molecule has 3 amide bonds. The molecule has 2 aromatic heterocycles. The van der Waals surface area contributed by atoms with Gasteiger partial charge in [0.2, 0.25) is 0 Å². The number of hydrogen-bond donors (Lipinski definition) is 2. The van der Waals surface area contributed by atoms with Crippen LogP contribution in [0.25, 0.3) is 0 Å². The van der Waals surface area contributed by atoms with Crippen LogP contribution in [0.3, 0.4) is 0 Å². The quantitative estimate of drug-likeness (QED) is 0.695. The molecule has 0 fully saturated rings. The van der Waals surface area contributed by atoms with E-state index in [2.05, 4.69) is 15.6 Å². The fourth-order valence-electron chi connectivity index (χ4n) is 3.01. The van der Waals surface area contributed by atoms with Gasteiger partial charge in [0, 0.05) is 23.5 Å². The molecule has 1 aromatic carbocycles. The van der Waals surface area contributed by atoms with E-state index in [0.717, 1.165) is 21.8 Å². The Morgan fingerprint density at radius 1 is 1.18 bits per heavy atom. The lowest BCUT2D eigenvalue weighted by molar-refractivity contribution is 0.0996. The minimum absolute atomic E-state index is 0.136. The topological polar surface area (TPSA) is 87.5 Å². The maximum atomic E-state index is 12.6. The van der Waals surface area contributed by atoms with Gasteiger partial charge >= 0.3 is 6.03 Å².